The zero-order valence-electron chi connectivity index (χ0n) is 14.2. The molecular formula is C18H26FN3O. The molecule has 4 nitrogen and oxygen atoms in total. The summed E-state index contributed by atoms with van der Waals surface area (Å²) in [6.07, 6.45) is 4.09. The Morgan fingerprint density at radius 1 is 1.22 bits per heavy atom. The number of nitrogens with zero attached hydrogens (tertiary/aromatic N) is 2. The first-order valence-corrected chi connectivity index (χ1v) is 8.19. The van der Waals surface area contributed by atoms with Gasteiger partial charge in [0.1, 0.15) is 5.82 Å². The van der Waals surface area contributed by atoms with Crippen LogP contribution in [0.15, 0.2) is 24.4 Å². The van der Waals surface area contributed by atoms with E-state index < -0.39 is 0 Å². The van der Waals surface area contributed by atoms with E-state index >= 15 is 0 Å². The standard InChI is InChI=1S/C18H26FN3O/c1-4-8-22(10-5-9-21(2)3)18(23)11-14-13-20-17-12-15(19)6-7-16(14)17/h6-7,12-13,20H,4-5,8-11H2,1-3H3. The number of carbonyl (C=O) groups excluding carboxylic acids is 1. The highest BCUT2D eigenvalue weighted by Gasteiger charge is 2.15. The first-order valence-electron chi connectivity index (χ1n) is 8.19. The van der Waals surface area contributed by atoms with Gasteiger partial charge in [-0.05, 0) is 57.2 Å². The minimum Gasteiger partial charge on any atom is -0.361 e. The van der Waals surface area contributed by atoms with Gasteiger partial charge in [-0.3, -0.25) is 4.79 Å². The van der Waals surface area contributed by atoms with Crippen LogP contribution in [-0.2, 0) is 11.2 Å². The molecule has 23 heavy (non-hydrogen) atoms. The number of hydrogen-bond donors (Lipinski definition) is 1. The number of halogens is 1. The third-order valence-electron chi connectivity index (χ3n) is 3.95. The Kier molecular flexibility index (Phi) is 6.16. The van der Waals surface area contributed by atoms with E-state index in [0.717, 1.165) is 48.9 Å². The summed E-state index contributed by atoms with van der Waals surface area (Å²) in [7, 11) is 4.08. The Morgan fingerprint density at radius 3 is 2.70 bits per heavy atom. The molecule has 2 aromatic rings. The maximum atomic E-state index is 13.2. The molecule has 0 bridgehead atoms. The lowest BCUT2D eigenvalue weighted by atomic mass is 10.1. The predicted octanol–water partition coefficient (Wildman–Crippen LogP) is 3.04. The number of H-pyrrole nitrogens is 1. The smallest absolute Gasteiger partial charge is 0.227 e. The molecule has 1 amide bonds. The number of rotatable bonds is 8. The zero-order chi connectivity index (χ0) is 16.8. The highest BCUT2D eigenvalue weighted by molar-refractivity contribution is 5.88. The summed E-state index contributed by atoms with van der Waals surface area (Å²) in [5.74, 6) is -0.135. The van der Waals surface area contributed by atoms with Gasteiger partial charge in [0.15, 0.2) is 0 Å². The van der Waals surface area contributed by atoms with E-state index in [1.165, 1.54) is 12.1 Å². The van der Waals surface area contributed by atoms with Crippen molar-refractivity contribution in [1.29, 1.82) is 0 Å². The number of hydrogen-bond acceptors (Lipinski definition) is 2. The molecule has 126 valence electrons. The Hall–Kier alpha value is -1.88. The van der Waals surface area contributed by atoms with Crippen LogP contribution in [0, 0.1) is 5.82 Å². The molecule has 0 aliphatic carbocycles. The first-order chi connectivity index (χ1) is 11.0. The van der Waals surface area contributed by atoms with E-state index in [0.29, 0.717) is 6.42 Å². The molecule has 0 fully saturated rings. The van der Waals surface area contributed by atoms with Gasteiger partial charge in [-0.15, -0.1) is 0 Å². The van der Waals surface area contributed by atoms with Gasteiger partial charge in [0.25, 0.3) is 0 Å². The molecule has 0 saturated heterocycles. The Morgan fingerprint density at radius 2 is 2.00 bits per heavy atom. The van der Waals surface area contributed by atoms with E-state index in [9.17, 15) is 9.18 Å². The first kappa shape index (κ1) is 17.5. The average Bonchev–Trinajstić information content (AvgIpc) is 2.88. The van der Waals surface area contributed by atoms with E-state index in [2.05, 4.69) is 16.8 Å². The molecule has 1 aromatic carbocycles. The Labute approximate surface area is 137 Å². The van der Waals surface area contributed by atoms with Gasteiger partial charge < -0.3 is 14.8 Å². The number of nitrogens with one attached hydrogen (secondary N) is 1. The molecule has 0 saturated carbocycles. The summed E-state index contributed by atoms with van der Waals surface area (Å²) in [6.45, 7) is 4.62. The van der Waals surface area contributed by atoms with Crippen molar-refractivity contribution in [2.45, 2.75) is 26.2 Å². The van der Waals surface area contributed by atoms with Gasteiger partial charge in [-0.1, -0.05) is 6.92 Å². The maximum absolute atomic E-state index is 13.2. The lowest BCUT2D eigenvalue weighted by Gasteiger charge is -2.23. The van der Waals surface area contributed by atoms with Crippen LogP contribution in [0.25, 0.3) is 10.9 Å². The molecule has 0 spiro atoms. The van der Waals surface area contributed by atoms with Crippen molar-refractivity contribution in [3.8, 4) is 0 Å². The van der Waals surface area contributed by atoms with E-state index in [1.54, 1.807) is 6.07 Å². The molecule has 1 aromatic heterocycles. The quantitative estimate of drug-likeness (QED) is 0.812. The molecule has 1 heterocycles. The van der Waals surface area contributed by atoms with Crippen molar-refractivity contribution < 1.29 is 9.18 Å². The highest BCUT2D eigenvalue weighted by Crippen LogP contribution is 2.20. The monoisotopic (exact) mass is 319 g/mol. The normalized spacial score (nSPS) is 11.3. The largest absolute Gasteiger partial charge is 0.361 e. The molecule has 2 rings (SSSR count). The summed E-state index contributed by atoms with van der Waals surface area (Å²) in [6, 6.07) is 4.63. The number of benzene rings is 1. The fourth-order valence-electron chi connectivity index (χ4n) is 2.79. The van der Waals surface area contributed by atoms with Crippen molar-refractivity contribution in [1.82, 2.24) is 14.8 Å². The molecular weight excluding hydrogens is 293 g/mol. The zero-order valence-corrected chi connectivity index (χ0v) is 14.2. The topological polar surface area (TPSA) is 39.3 Å². The number of amides is 1. The van der Waals surface area contributed by atoms with E-state index in [-0.39, 0.29) is 11.7 Å². The van der Waals surface area contributed by atoms with Gasteiger partial charge in [0.2, 0.25) is 5.91 Å². The van der Waals surface area contributed by atoms with Crippen molar-refractivity contribution in [2.24, 2.45) is 0 Å². The summed E-state index contributed by atoms with van der Waals surface area (Å²) < 4.78 is 13.2. The summed E-state index contributed by atoms with van der Waals surface area (Å²) >= 11 is 0. The second-order valence-electron chi connectivity index (χ2n) is 6.22. The van der Waals surface area contributed by atoms with Crippen LogP contribution < -0.4 is 0 Å². The minimum absolute atomic E-state index is 0.135. The molecule has 5 heteroatoms. The Bertz CT molecular complexity index is 651. The molecule has 0 aliphatic rings. The lowest BCUT2D eigenvalue weighted by molar-refractivity contribution is -0.130. The van der Waals surface area contributed by atoms with Gasteiger partial charge in [0, 0.05) is 30.2 Å². The second-order valence-corrected chi connectivity index (χ2v) is 6.22. The second kappa shape index (κ2) is 8.11. The molecule has 0 unspecified atom stereocenters. The summed E-state index contributed by atoms with van der Waals surface area (Å²) in [4.78, 5) is 19.7. The number of aromatic nitrogens is 1. The summed E-state index contributed by atoms with van der Waals surface area (Å²) in [5.41, 5.74) is 1.67. The van der Waals surface area contributed by atoms with Crippen LogP contribution in [0.1, 0.15) is 25.3 Å². The fourth-order valence-corrected chi connectivity index (χ4v) is 2.79. The van der Waals surface area contributed by atoms with Crippen molar-refractivity contribution >= 4 is 16.8 Å². The van der Waals surface area contributed by atoms with Crippen molar-refractivity contribution in [2.75, 3.05) is 33.7 Å². The lowest BCUT2D eigenvalue weighted by Crippen LogP contribution is -2.35. The molecule has 0 atom stereocenters. The SMILES string of the molecule is CCCN(CCCN(C)C)C(=O)Cc1c[nH]c2cc(F)ccc12. The van der Waals surface area contributed by atoms with Crippen LogP contribution >= 0.6 is 0 Å². The minimum atomic E-state index is -0.270. The number of fused-ring (bicyclic) bond motifs is 1. The fraction of sp³-hybridized carbons (Fsp3) is 0.500. The maximum Gasteiger partial charge on any atom is 0.227 e. The van der Waals surface area contributed by atoms with E-state index in [4.69, 9.17) is 0 Å². The predicted molar refractivity (Wildman–Crippen MR) is 92.0 cm³/mol. The van der Waals surface area contributed by atoms with Crippen LogP contribution in [0.3, 0.4) is 0 Å². The van der Waals surface area contributed by atoms with E-state index in [1.807, 2.05) is 25.2 Å². The summed E-state index contributed by atoms with van der Waals surface area (Å²) in [5, 5.41) is 0.921. The van der Waals surface area contributed by atoms with Crippen molar-refractivity contribution in [3.05, 3.63) is 35.8 Å². The molecule has 0 radical (unpaired) electrons. The third-order valence-corrected chi connectivity index (χ3v) is 3.95. The van der Waals surface area contributed by atoms with Gasteiger partial charge in [-0.25, -0.2) is 4.39 Å². The van der Waals surface area contributed by atoms with Gasteiger partial charge >= 0.3 is 0 Å². The highest BCUT2D eigenvalue weighted by atomic mass is 19.1. The third kappa shape index (κ3) is 4.79. The molecule has 0 aliphatic heterocycles. The van der Waals surface area contributed by atoms with Crippen LogP contribution in [0.4, 0.5) is 4.39 Å². The average molecular weight is 319 g/mol. The Balaban J connectivity index is 2.04. The molecule has 1 N–H and O–H groups in total. The van der Waals surface area contributed by atoms with Crippen LogP contribution in [0.5, 0.6) is 0 Å². The van der Waals surface area contributed by atoms with Crippen LogP contribution in [-0.4, -0.2) is 54.4 Å². The van der Waals surface area contributed by atoms with Crippen LogP contribution in [0.2, 0.25) is 0 Å². The number of aromatic amines is 1. The number of carbonyl (C=O) groups is 1. The van der Waals surface area contributed by atoms with Gasteiger partial charge in [0.05, 0.1) is 6.42 Å². The van der Waals surface area contributed by atoms with Crippen molar-refractivity contribution in [3.63, 3.8) is 0 Å². The van der Waals surface area contributed by atoms with Gasteiger partial charge in [-0.2, -0.15) is 0 Å².